The molecule has 0 saturated carbocycles. The smallest absolute Gasteiger partial charge is 0.349 e. The zero-order valence-electron chi connectivity index (χ0n) is 18.8. The van der Waals surface area contributed by atoms with Crippen LogP contribution in [0.3, 0.4) is 0 Å². The summed E-state index contributed by atoms with van der Waals surface area (Å²) in [7, 11) is -3.76. The van der Waals surface area contributed by atoms with Crippen LogP contribution in [0.25, 0.3) is 11.0 Å². The van der Waals surface area contributed by atoms with Crippen molar-refractivity contribution in [3.05, 3.63) is 101 Å². The number of hydrogen-bond acceptors (Lipinski definition) is 6. The monoisotopic (exact) mass is 489 g/mol. The summed E-state index contributed by atoms with van der Waals surface area (Å²) < 4.78 is 33.7. The molecule has 2 aromatic carbocycles. The second-order valence-corrected chi connectivity index (χ2v) is 10.3. The third-order valence-electron chi connectivity index (χ3n) is 6.13. The summed E-state index contributed by atoms with van der Waals surface area (Å²) in [5.41, 5.74) is 0.753. The summed E-state index contributed by atoms with van der Waals surface area (Å²) >= 11 is 0. The molecule has 178 valence electrons. The van der Waals surface area contributed by atoms with Crippen molar-refractivity contribution < 1.29 is 17.6 Å². The number of carbonyl (C=O) groups is 1. The van der Waals surface area contributed by atoms with Gasteiger partial charge in [-0.05, 0) is 60.9 Å². The molecule has 4 aromatic rings. The van der Waals surface area contributed by atoms with Crippen LogP contribution in [-0.4, -0.2) is 30.2 Å². The lowest BCUT2D eigenvalue weighted by atomic mass is 9.99. The van der Waals surface area contributed by atoms with Gasteiger partial charge in [0.1, 0.15) is 11.1 Å². The molecular weight excluding hydrogens is 466 g/mol. The van der Waals surface area contributed by atoms with E-state index < -0.39 is 21.6 Å². The molecule has 1 N–H and O–H groups in total. The maximum atomic E-state index is 13.5. The Morgan fingerprint density at radius 1 is 1.03 bits per heavy atom. The molecule has 5 rings (SSSR count). The molecule has 0 aliphatic carbocycles. The molecule has 1 unspecified atom stereocenters. The summed E-state index contributed by atoms with van der Waals surface area (Å²) in [6.45, 7) is 0.429. The minimum atomic E-state index is -3.76. The van der Waals surface area contributed by atoms with Gasteiger partial charge in [-0.3, -0.25) is 9.78 Å². The normalized spacial score (nSPS) is 16.7. The standard InChI is InChI=1S/C26H23N3O5S/c30-25(22-16-18-6-1-2-9-24(18)34-26(22)31)28-20-10-12-21(13-11-20)35(32,33)29-15-4-3-8-23(29)19-7-5-14-27-17-19/h1-2,5-7,9-14,16-17,23H,3-4,8,15H2,(H,28,30). The second-order valence-electron chi connectivity index (χ2n) is 8.38. The minimum absolute atomic E-state index is 0.131. The van der Waals surface area contributed by atoms with E-state index in [-0.39, 0.29) is 16.5 Å². The summed E-state index contributed by atoms with van der Waals surface area (Å²) in [6.07, 6.45) is 5.84. The number of pyridine rings is 1. The van der Waals surface area contributed by atoms with E-state index >= 15 is 0 Å². The third kappa shape index (κ3) is 4.60. The van der Waals surface area contributed by atoms with E-state index in [1.165, 1.54) is 34.6 Å². The first-order chi connectivity index (χ1) is 16.9. The number of amides is 1. The fraction of sp³-hybridized carbons (Fsp3) is 0.192. The zero-order chi connectivity index (χ0) is 24.4. The van der Waals surface area contributed by atoms with Crippen molar-refractivity contribution in [2.45, 2.75) is 30.2 Å². The first-order valence-corrected chi connectivity index (χ1v) is 12.7. The van der Waals surface area contributed by atoms with Gasteiger partial charge in [-0.1, -0.05) is 30.7 Å². The number of para-hydroxylation sites is 1. The van der Waals surface area contributed by atoms with E-state index in [1.54, 1.807) is 36.7 Å². The number of piperidine rings is 1. The number of fused-ring (bicyclic) bond motifs is 1. The highest BCUT2D eigenvalue weighted by atomic mass is 32.2. The second kappa shape index (κ2) is 9.44. The molecule has 1 atom stereocenters. The lowest BCUT2D eigenvalue weighted by Crippen LogP contribution is -2.38. The maximum absolute atomic E-state index is 13.5. The third-order valence-corrected chi connectivity index (χ3v) is 8.05. The lowest BCUT2D eigenvalue weighted by molar-refractivity contribution is 0.102. The fourth-order valence-corrected chi connectivity index (χ4v) is 6.05. The van der Waals surface area contributed by atoms with Crippen molar-refractivity contribution in [2.24, 2.45) is 0 Å². The molecule has 1 amide bonds. The summed E-state index contributed by atoms with van der Waals surface area (Å²) in [6, 6.07) is 17.8. The largest absolute Gasteiger partial charge is 0.422 e. The Morgan fingerprint density at radius 2 is 1.83 bits per heavy atom. The molecule has 1 fully saturated rings. The van der Waals surface area contributed by atoms with Gasteiger partial charge in [0.15, 0.2) is 0 Å². The van der Waals surface area contributed by atoms with Crippen LogP contribution < -0.4 is 10.9 Å². The van der Waals surface area contributed by atoms with Gasteiger partial charge < -0.3 is 9.73 Å². The SMILES string of the molecule is O=C(Nc1ccc(S(=O)(=O)N2CCCCC2c2cccnc2)cc1)c1cc2ccccc2oc1=O. The highest BCUT2D eigenvalue weighted by Gasteiger charge is 2.34. The summed E-state index contributed by atoms with van der Waals surface area (Å²) in [5, 5.41) is 3.27. The molecule has 1 saturated heterocycles. The molecule has 1 aliphatic heterocycles. The van der Waals surface area contributed by atoms with Gasteiger partial charge in [0, 0.05) is 30.0 Å². The number of rotatable bonds is 5. The van der Waals surface area contributed by atoms with Gasteiger partial charge in [0.2, 0.25) is 10.0 Å². The van der Waals surface area contributed by atoms with Crippen molar-refractivity contribution >= 4 is 32.6 Å². The van der Waals surface area contributed by atoms with Crippen LogP contribution >= 0.6 is 0 Å². The Kier molecular flexibility index (Phi) is 6.19. The number of benzene rings is 2. The number of nitrogens with zero attached hydrogens (tertiary/aromatic N) is 2. The molecule has 1 aliphatic rings. The van der Waals surface area contributed by atoms with E-state index in [0.717, 1.165) is 24.8 Å². The van der Waals surface area contributed by atoms with Gasteiger partial charge in [-0.15, -0.1) is 0 Å². The Balaban J connectivity index is 1.37. The highest BCUT2D eigenvalue weighted by Crippen LogP contribution is 2.35. The molecule has 2 aromatic heterocycles. The van der Waals surface area contributed by atoms with Gasteiger partial charge in [0.05, 0.1) is 10.9 Å². The van der Waals surface area contributed by atoms with Gasteiger partial charge in [-0.2, -0.15) is 4.31 Å². The molecule has 35 heavy (non-hydrogen) atoms. The quantitative estimate of drug-likeness (QED) is 0.417. The highest BCUT2D eigenvalue weighted by molar-refractivity contribution is 7.89. The topological polar surface area (TPSA) is 110 Å². The molecule has 8 nitrogen and oxygen atoms in total. The van der Waals surface area contributed by atoms with Crippen molar-refractivity contribution in [2.75, 3.05) is 11.9 Å². The van der Waals surface area contributed by atoms with Gasteiger partial charge in [0.25, 0.3) is 5.91 Å². The van der Waals surface area contributed by atoms with E-state index in [2.05, 4.69) is 10.3 Å². The van der Waals surface area contributed by atoms with Crippen LogP contribution in [0.2, 0.25) is 0 Å². The molecule has 0 bridgehead atoms. The predicted octanol–water partition coefficient (Wildman–Crippen LogP) is 4.36. The van der Waals surface area contributed by atoms with Gasteiger partial charge in [-0.25, -0.2) is 13.2 Å². The number of carbonyl (C=O) groups excluding carboxylic acids is 1. The van der Waals surface area contributed by atoms with E-state index in [9.17, 15) is 18.0 Å². The van der Waals surface area contributed by atoms with Crippen LogP contribution in [-0.2, 0) is 10.0 Å². The number of hydrogen-bond donors (Lipinski definition) is 1. The number of nitrogens with one attached hydrogen (secondary N) is 1. The lowest BCUT2D eigenvalue weighted by Gasteiger charge is -2.34. The van der Waals surface area contributed by atoms with Crippen LogP contribution in [0, 0.1) is 0 Å². The van der Waals surface area contributed by atoms with Crippen LogP contribution in [0.4, 0.5) is 5.69 Å². The Morgan fingerprint density at radius 3 is 2.60 bits per heavy atom. The van der Waals surface area contributed by atoms with Crippen LogP contribution in [0.15, 0.2) is 93.2 Å². The van der Waals surface area contributed by atoms with Crippen molar-refractivity contribution in [1.82, 2.24) is 9.29 Å². The number of sulfonamides is 1. The number of aromatic nitrogens is 1. The average Bonchev–Trinajstić information content (AvgIpc) is 2.89. The first-order valence-electron chi connectivity index (χ1n) is 11.3. The van der Waals surface area contributed by atoms with Crippen LogP contribution in [0.1, 0.15) is 41.2 Å². The number of anilines is 1. The molecule has 9 heteroatoms. The van der Waals surface area contributed by atoms with Crippen molar-refractivity contribution in [3.8, 4) is 0 Å². The van der Waals surface area contributed by atoms with Crippen molar-refractivity contribution in [1.29, 1.82) is 0 Å². The Labute approximate surface area is 202 Å². The fourth-order valence-electron chi connectivity index (χ4n) is 4.36. The molecule has 0 radical (unpaired) electrons. The summed E-state index contributed by atoms with van der Waals surface area (Å²) in [4.78, 5) is 29.2. The van der Waals surface area contributed by atoms with E-state index in [4.69, 9.17) is 4.42 Å². The van der Waals surface area contributed by atoms with Crippen LogP contribution in [0.5, 0.6) is 0 Å². The molecule has 0 spiro atoms. The Bertz CT molecular complexity index is 1530. The van der Waals surface area contributed by atoms with Crippen molar-refractivity contribution in [3.63, 3.8) is 0 Å². The van der Waals surface area contributed by atoms with E-state index in [1.807, 2.05) is 12.1 Å². The maximum Gasteiger partial charge on any atom is 0.349 e. The zero-order valence-corrected chi connectivity index (χ0v) is 19.6. The molecule has 3 heterocycles. The molecular formula is C26H23N3O5S. The average molecular weight is 490 g/mol. The summed E-state index contributed by atoms with van der Waals surface area (Å²) in [5.74, 6) is -0.632. The minimum Gasteiger partial charge on any atom is -0.422 e. The van der Waals surface area contributed by atoms with E-state index in [0.29, 0.717) is 23.2 Å². The first kappa shape index (κ1) is 22.9. The predicted molar refractivity (Wildman–Crippen MR) is 132 cm³/mol. The Hall–Kier alpha value is -3.82. The van der Waals surface area contributed by atoms with Gasteiger partial charge >= 0.3 is 5.63 Å².